The summed E-state index contributed by atoms with van der Waals surface area (Å²) in [4.78, 5) is 0. The van der Waals surface area contributed by atoms with Gasteiger partial charge in [0.05, 0.1) is 13.2 Å². The highest BCUT2D eigenvalue weighted by molar-refractivity contribution is 5.43. The Morgan fingerprint density at radius 2 is 2.19 bits per heavy atom. The van der Waals surface area contributed by atoms with Crippen LogP contribution < -0.4 is 15.2 Å². The van der Waals surface area contributed by atoms with Crippen LogP contribution in [0, 0.1) is 0 Å². The predicted octanol–water partition coefficient (Wildman–Crippen LogP) is 2.92. The maximum atomic E-state index is 6.00. The largest absolute Gasteiger partial charge is 0.493 e. The summed E-state index contributed by atoms with van der Waals surface area (Å²) in [6, 6.07) is 6.25. The molecule has 1 heterocycles. The van der Waals surface area contributed by atoms with Crippen molar-refractivity contribution in [2.75, 3.05) is 20.3 Å². The van der Waals surface area contributed by atoms with E-state index in [4.69, 9.17) is 19.9 Å². The standard InChI is InChI=1S/C17H27NO3/c1-3-14(18)10-13-7-8-16(17(11-13)19-2)21-12-15-6-4-5-9-20-15/h7-8,11,14-15H,3-6,9-10,12,18H2,1-2H3. The molecule has 1 fully saturated rings. The first-order valence-electron chi connectivity index (χ1n) is 7.89. The van der Waals surface area contributed by atoms with Gasteiger partial charge in [0.1, 0.15) is 6.61 Å². The lowest BCUT2D eigenvalue weighted by atomic mass is 10.0. The summed E-state index contributed by atoms with van der Waals surface area (Å²) in [6.07, 6.45) is 5.49. The monoisotopic (exact) mass is 293 g/mol. The molecule has 4 heteroatoms. The zero-order chi connectivity index (χ0) is 15.1. The van der Waals surface area contributed by atoms with Gasteiger partial charge in [-0.05, 0) is 49.8 Å². The molecule has 0 radical (unpaired) electrons. The fourth-order valence-corrected chi connectivity index (χ4v) is 2.53. The molecule has 4 nitrogen and oxygen atoms in total. The van der Waals surface area contributed by atoms with Crippen LogP contribution in [-0.4, -0.2) is 32.5 Å². The third-order valence-corrected chi connectivity index (χ3v) is 3.95. The summed E-state index contributed by atoms with van der Waals surface area (Å²) in [5, 5.41) is 0. The minimum Gasteiger partial charge on any atom is -0.493 e. The summed E-state index contributed by atoms with van der Waals surface area (Å²) < 4.78 is 17.0. The Kier molecular flexibility index (Phi) is 6.33. The van der Waals surface area contributed by atoms with E-state index in [-0.39, 0.29) is 12.1 Å². The molecule has 21 heavy (non-hydrogen) atoms. The summed E-state index contributed by atoms with van der Waals surface area (Å²) in [5.74, 6) is 1.55. The van der Waals surface area contributed by atoms with Gasteiger partial charge in [0.2, 0.25) is 0 Å². The first-order valence-corrected chi connectivity index (χ1v) is 7.89. The van der Waals surface area contributed by atoms with E-state index < -0.39 is 0 Å². The zero-order valence-corrected chi connectivity index (χ0v) is 13.1. The zero-order valence-electron chi connectivity index (χ0n) is 13.1. The molecule has 1 aromatic carbocycles. The topological polar surface area (TPSA) is 53.7 Å². The SMILES string of the molecule is CCC(N)Cc1ccc(OCC2CCCCO2)c(OC)c1. The Labute approximate surface area is 127 Å². The van der Waals surface area contributed by atoms with Crippen molar-refractivity contribution in [2.24, 2.45) is 5.73 Å². The molecule has 0 amide bonds. The number of hydrogen-bond donors (Lipinski definition) is 1. The Morgan fingerprint density at radius 1 is 1.33 bits per heavy atom. The predicted molar refractivity (Wildman–Crippen MR) is 84.1 cm³/mol. The lowest BCUT2D eigenvalue weighted by Crippen LogP contribution is -2.26. The van der Waals surface area contributed by atoms with Crippen molar-refractivity contribution < 1.29 is 14.2 Å². The van der Waals surface area contributed by atoms with Gasteiger partial charge in [0.15, 0.2) is 11.5 Å². The highest BCUT2D eigenvalue weighted by atomic mass is 16.5. The maximum absolute atomic E-state index is 6.00. The van der Waals surface area contributed by atoms with Crippen LogP contribution in [0.3, 0.4) is 0 Å². The van der Waals surface area contributed by atoms with Gasteiger partial charge in [-0.25, -0.2) is 0 Å². The first kappa shape index (κ1) is 16.1. The van der Waals surface area contributed by atoms with Crippen molar-refractivity contribution in [3.8, 4) is 11.5 Å². The van der Waals surface area contributed by atoms with Gasteiger partial charge in [-0.2, -0.15) is 0 Å². The van der Waals surface area contributed by atoms with Crippen LogP contribution in [0.15, 0.2) is 18.2 Å². The second-order valence-corrected chi connectivity index (χ2v) is 5.66. The molecule has 0 spiro atoms. The van der Waals surface area contributed by atoms with Crippen LogP contribution in [-0.2, 0) is 11.2 Å². The summed E-state index contributed by atoms with van der Waals surface area (Å²) in [6.45, 7) is 3.53. The Balaban J connectivity index is 1.95. The normalized spacial score (nSPS) is 20.0. The third kappa shape index (κ3) is 4.90. The van der Waals surface area contributed by atoms with Gasteiger partial charge in [0, 0.05) is 12.6 Å². The summed E-state index contributed by atoms with van der Waals surface area (Å²) in [7, 11) is 1.67. The van der Waals surface area contributed by atoms with Gasteiger partial charge < -0.3 is 19.9 Å². The minimum atomic E-state index is 0.192. The fourth-order valence-electron chi connectivity index (χ4n) is 2.53. The van der Waals surface area contributed by atoms with Gasteiger partial charge in [-0.3, -0.25) is 0 Å². The molecule has 1 aliphatic rings. The molecular weight excluding hydrogens is 266 g/mol. The van der Waals surface area contributed by atoms with E-state index >= 15 is 0 Å². The van der Waals surface area contributed by atoms with Crippen molar-refractivity contribution in [3.05, 3.63) is 23.8 Å². The Hall–Kier alpha value is -1.26. The highest BCUT2D eigenvalue weighted by Gasteiger charge is 2.16. The molecule has 0 aromatic heterocycles. The lowest BCUT2D eigenvalue weighted by Gasteiger charge is -2.23. The lowest BCUT2D eigenvalue weighted by molar-refractivity contribution is -0.0114. The molecule has 118 valence electrons. The number of benzene rings is 1. The van der Waals surface area contributed by atoms with E-state index in [1.54, 1.807) is 7.11 Å². The molecule has 2 atom stereocenters. The van der Waals surface area contributed by atoms with Crippen LogP contribution in [0.25, 0.3) is 0 Å². The molecule has 1 saturated heterocycles. The third-order valence-electron chi connectivity index (χ3n) is 3.95. The molecule has 0 aliphatic carbocycles. The molecule has 2 rings (SSSR count). The van der Waals surface area contributed by atoms with E-state index in [1.165, 1.54) is 12.0 Å². The molecule has 2 N–H and O–H groups in total. The first-order chi connectivity index (χ1) is 10.2. The Morgan fingerprint density at radius 3 is 2.86 bits per heavy atom. The molecule has 1 aromatic rings. The number of methoxy groups -OCH3 is 1. The van der Waals surface area contributed by atoms with Crippen molar-refractivity contribution in [3.63, 3.8) is 0 Å². The molecule has 0 bridgehead atoms. The van der Waals surface area contributed by atoms with Crippen molar-refractivity contribution in [2.45, 2.75) is 51.2 Å². The van der Waals surface area contributed by atoms with Gasteiger partial charge in [0.25, 0.3) is 0 Å². The van der Waals surface area contributed by atoms with Gasteiger partial charge >= 0.3 is 0 Å². The molecule has 2 unspecified atom stereocenters. The van der Waals surface area contributed by atoms with E-state index in [0.29, 0.717) is 6.61 Å². The summed E-state index contributed by atoms with van der Waals surface area (Å²) in [5.41, 5.74) is 7.18. The fraction of sp³-hybridized carbons (Fsp3) is 0.647. The van der Waals surface area contributed by atoms with E-state index in [0.717, 1.165) is 43.8 Å². The van der Waals surface area contributed by atoms with Crippen molar-refractivity contribution in [1.29, 1.82) is 0 Å². The second-order valence-electron chi connectivity index (χ2n) is 5.66. The van der Waals surface area contributed by atoms with Crippen LogP contribution in [0.4, 0.5) is 0 Å². The van der Waals surface area contributed by atoms with Crippen LogP contribution in [0.2, 0.25) is 0 Å². The number of ether oxygens (including phenoxy) is 3. The van der Waals surface area contributed by atoms with Crippen LogP contribution >= 0.6 is 0 Å². The van der Waals surface area contributed by atoms with Crippen molar-refractivity contribution >= 4 is 0 Å². The number of hydrogen-bond acceptors (Lipinski definition) is 4. The van der Waals surface area contributed by atoms with Gasteiger partial charge in [-0.1, -0.05) is 13.0 Å². The number of nitrogens with two attached hydrogens (primary N) is 1. The smallest absolute Gasteiger partial charge is 0.161 e. The van der Waals surface area contributed by atoms with Gasteiger partial charge in [-0.15, -0.1) is 0 Å². The van der Waals surface area contributed by atoms with Crippen molar-refractivity contribution in [1.82, 2.24) is 0 Å². The van der Waals surface area contributed by atoms with E-state index in [9.17, 15) is 0 Å². The number of rotatable bonds is 7. The highest BCUT2D eigenvalue weighted by Crippen LogP contribution is 2.29. The molecular formula is C17H27NO3. The molecule has 1 aliphatic heterocycles. The van der Waals surface area contributed by atoms with E-state index in [1.807, 2.05) is 12.1 Å². The maximum Gasteiger partial charge on any atom is 0.161 e. The minimum absolute atomic E-state index is 0.192. The van der Waals surface area contributed by atoms with E-state index in [2.05, 4.69) is 13.0 Å². The molecule has 0 saturated carbocycles. The second kappa shape index (κ2) is 8.25. The van der Waals surface area contributed by atoms with Crippen LogP contribution in [0.1, 0.15) is 38.2 Å². The quantitative estimate of drug-likeness (QED) is 0.840. The average Bonchev–Trinajstić information content (AvgIpc) is 2.54. The summed E-state index contributed by atoms with van der Waals surface area (Å²) >= 11 is 0. The van der Waals surface area contributed by atoms with Crippen LogP contribution in [0.5, 0.6) is 11.5 Å². The Bertz CT molecular complexity index is 430. The average molecular weight is 293 g/mol.